The van der Waals surface area contributed by atoms with Crippen LogP contribution >= 0.6 is 0 Å². The Bertz CT molecular complexity index is 1040. The standard InChI is InChI=1S/C21H14F2N2O2/c22-16-10-6-11-17(23)19(16)21-25-24-20(27-21)15-9-4-5-12-18(15)26-13-14-7-2-1-3-8-14/h1-12H,13H2. The van der Waals surface area contributed by atoms with Gasteiger partial charge in [0.15, 0.2) is 0 Å². The Labute approximate surface area is 154 Å². The lowest BCUT2D eigenvalue weighted by Gasteiger charge is -2.09. The highest BCUT2D eigenvalue weighted by molar-refractivity contribution is 5.64. The molecule has 4 nitrogen and oxygen atoms in total. The molecule has 1 heterocycles. The van der Waals surface area contributed by atoms with Gasteiger partial charge < -0.3 is 9.15 Å². The molecule has 0 saturated heterocycles. The van der Waals surface area contributed by atoms with Crippen LogP contribution in [-0.2, 0) is 6.61 Å². The topological polar surface area (TPSA) is 48.2 Å². The fourth-order valence-corrected chi connectivity index (χ4v) is 2.64. The highest BCUT2D eigenvalue weighted by Crippen LogP contribution is 2.32. The minimum atomic E-state index is -0.765. The van der Waals surface area contributed by atoms with Crippen LogP contribution in [0.1, 0.15) is 5.56 Å². The lowest BCUT2D eigenvalue weighted by molar-refractivity contribution is 0.306. The van der Waals surface area contributed by atoms with Crippen molar-refractivity contribution < 1.29 is 17.9 Å². The molecule has 0 saturated carbocycles. The molecule has 4 rings (SSSR count). The number of benzene rings is 3. The van der Waals surface area contributed by atoms with Gasteiger partial charge >= 0.3 is 0 Å². The number of para-hydroxylation sites is 1. The molecule has 0 N–H and O–H groups in total. The number of halogens is 2. The number of ether oxygens (including phenoxy) is 1. The Morgan fingerprint density at radius 3 is 2.19 bits per heavy atom. The largest absolute Gasteiger partial charge is 0.488 e. The molecule has 0 atom stereocenters. The number of hydrogen-bond donors (Lipinski definition) is 0. The molecular formula is C21H14F2N2O2. The van der Waals surface area contributed by atoms with Gasteiger partial charge in [-0.3, -0.25) is 0 Å². The highest BCUT2D eigenvalue weighted by Gasteiger charge is 2.20. The van der Waals surface area contributed by atoms with Gasteiger partial charge in [-0.25, -0.2) is 8.78 Å². The summed E-state index contributed by atoms with van der Waals surface area (Å²) in [5.74, 6) is -1.10. The predicted molar refractivity (Wildman–Crippen MR) is 95.9 cm³/mol. The van der Waals surface area contributed by atoms with E-state index in [1.165, 1.54) is 6.07 Å². The highest BCUT2D eigenvalue weighted by atomic mass is 19.1. The summed E-state index contributed by atoms with van der Waals surface area (Å²) in [6.45, 7) is 0.362. The van der Waals surface area contributed by atoms with Gasteiger partial charge in [0, 0.05) is 0 Å². The summed E-state index contributed by atoms with van der Waals surface area (Å²) in [6, 6.07) is 20.4. The smallest absolute Gasteiger partial charge is 0.254 e. The van der Waals surface area contributed by atoms with Crippen molar-refractivity contribution in [3.05, 3.63) is 90.0 Å². The quantitative estimate of drug-likeness (QED) is 0.485. The Kier molecular flexibility index (Phi) is 4.61. The lowest BCUT2D eigenvalue weighted by Crippen LogP contribution is -1.96. The number of nitrogens with zero attached hydrogens (tertiary/aromatic N) is 2. The van der Waals surface area contributed by atoms with E-state index in [0.29, 0.717) is 17.9 Å². The molecule has 0 spiro atoms. The van der Waals surface area contributed by atoms with E-state index in [-0.39, 0.29) is 17.3 Å². The van der Waals surface area contributed by atoms with E-state index >= 15 is 0 Å². The zero-order valence-corrected chi connectivity index (χ0v) is 14.1. The maximum atomic E-state index is 13.9. The third kappa shape index (κ3) is 3.55. The third-order valence-corrected chi connectivity index (χ3v) is 3.96. The molecule has 134 valence electrons. The van der Waals surface area contributed by atoms with Crippen molar-refractivity contribution in [2.45, 2.75) is 6.61 Å². The van der Waals surface area contributed by atoms with Crippen LogP contribution in [0.15, 0.2) is 77.2 Å². The van der Waals surface area contributed by atoms with Gasteiger partial charge in [-0.15, -0.1) is 10.2 Å². The van der Waals surface area contributed by atoms with Gasteiger partial charge in [-0.2, -0.15) is 0 Å². The minimum absolute atomic E-state index is 0.122. The maximum absolute atomic E-state index is 13.9. The number of rotatable bonds is 5. The normalized spacial score (nSPS) is 10.7. The molecule has 0 aliphatic rings. The maximum Gasteiger partial charge on any atom is 0.254 e. The second kappa shape index (κ2) is 7.37. The van der Waals surface area contributed by atoms with Crippen molar-refractivity contribution in [1.29, 1.82) is 0 Å². The molecule has 0 aliphatic carbocycles. The first-order valence-corrected chi connectivity index (χ1v) is 8.26. The van der Waals surface area contributed by atoms with Crippen molar-refractivity contribution >= 4 is 0 Å². The molecule has 1 aromatic heterocycles. The summed E-state index contributed by atoms with van der Waals surface area (Å²) >= 11 is 0. The molecule has 0 amide bonds. The summed E-state index contributed by atoms with van der Waals surface area (Å²) in [4.78, 5) is 0. The van der Waals surface area contributed by atoms with Crippen molar-refractivity contribution in [2.75, 3.05) is 0 Å². The first-order chi connectivity index (χ1) is 13.2. The van der Waals surface area contributed by atoms with E-state index in [2.05, 4.69) is 10.2 Å². The van der Waals surface area contributed by atoms with Gasteiger partial charge in [-0.05, 0) is 29.8 Å². The number of aromatic nitrogens is 2. The van der Waals surface area contributed by atoms with Gasteiger partial charge in [0.25, 0.3) is 11.8 Å². The van der Waals surface area contributed by atoms with E-state index < -0.39 is 11.6 Å². The van der Waals surface area contributed by atoms with Gasteiger partial charge in [0.2, 0.25) is 0 Å². The zero-order chi connectivity index (χ0) is 18.6. The summed E-state index contributed by atoms with van der Waals surface area (Å²) in [5, 5.41) is 7.72. The van der Waals surface area contributed by atoms with Crippen molar-refractivity contribution in [1.82, 2.24) is 10.2 Å². The molecule has 0 unspecified atom stereocenters. The molecule has 0 aliphatic heterocycles. The average molecular weight is 364 g/mol. The molecule has 0 radical (unpaired) electrons. The van der Waals surface area contributed by atoms with Crippen LogP contribution in [0.5, 0.6) is 5.75 Å². The van der Waals surface area contributed by atoms with Gasteiger partial charge in [0.1, 0.15) is 29.6 Å². The van der Waals surface area contributed by atoms with E-state index in [4.69, 9.17) is 9.15 Å². The fourth-order valence-electron chi connectivity index (χ4n) is 2.64. The molecule has 4 aromatic rings. The van der Waals surface area contributed by atoms with Crippen LogP contribution in [-0.4, -0.2) is 10.2 Å². The van der Waals surface area contributed by atoms with Crippen molar-refractivity contribution in [2.24, 2.45) is 0 Å². The van der Waals surface area contributed by atoms with Crippen LogP contribution in [0, 0.1) is 11.6 Å². The van der Waals surface area contributed by atoms with Gasteiger partial charge in [0.05, 0.1) is 5.56 Å². The minimum Gasteiger partial charge on any atom is -0.488 e. The van der Waals surface area contributed by atoms with Crippen LogP contribution in [0.2, 0.25) is 0 Å². The van der Waals surface area contributed by atoms with Gasteiger partial charge in [-0.1, -0.05) is 48.5 Å². The Morgan fingerprint density at radius 2 is 1.41 bits per heavy atom. The Hall–Kier alpha value is -3.54. The van der Waals surface area contributed by atoms with E-state index in [1.54, 1.807) is 18.2 Å². The zero-order valence-electron chi connectivity index (χ0n) is 14.1. The van der Waals surface area contributed by atoms with Crippen molar-refractivity contribution in [3.8, 4) is 28.7 Å². The average Bonchev–Trinajstić information content (AvgIpc) is 3.17. The summed E-state index contributed by atoms with van der Waals surface area (Å²) in [6.07, 6.45) is 0. The Balaban J connectivity index is 1.64. The SMILES string of the molecule is Fc1cccc(F)c1-c1nnc(-c2ccccc2OCc2ccccc2)o1. The monoisotopic (exact) mass is 364 g/mol. The third-order valence-electron chi connectivity index (χ3n) is 3.96. The van der Waals surface area contributed by atoms with Crippen molar-refractivity contribution in [3.63, 3.8) is 0 Å². The fraction of sp³-hybridized carbons (Fsp3) is 0.0476. The predicted octanol–water partition coefficient (Wildman–Crippen LogP) is 5.26. The lowest BCUT2D eigenvalue weighted by atomic mass is 10.2. The molecule has 3 aromatic carbocycles. The molecule has 0 fully saturated rings. The van der Waals surface area contributed by atoms with E-state index in [0.717, 1.165) is 17.7 Å². The van der Waals surface area contributed by atoms with Crippen LogP contribution in [0.4, 0.5) is 8.78 Å². The summed E-state index contributed by atoms with van der Waals surface area (Å²) in [5.41, 5.74) is 1.20. The second-order valence-corrected chi connectivity index (χ2v) is 5.78. The molecule has 6 heteroatoms. The first kappa shape index (κ1) is 16.9. The van der Waals surface area contributed by atoms with E-state index in [1.807, 2.05) is 36.4 Å². The van der Waals surface area contributed by atoms with E-state index in [9.17, 15) is 8.78 Å². The molecule has 0 bridgehead atoms. The molecule has 27 heavy (non-hydrogen) atoms. The Morgan fingerprint density at radius 1 is 0.741 bits per heavy atom. The first-order valence-electron chi connectivity index (χ1n) is 8.26. The number of hydrogen-bond acceptors (Lipinski definition) is 4. The van der Waals surface area contributed by atoms with Crippen LogP contribution in [0.3, 0.4) is 0 Å². The van der Waals surface area contributed by atoms with Crippen LogP contribution < -0.4 is 4.74 Å². The summed E-state index contributed by atoms with van der Waals surface area (Å²) < 4.78 is 39.3. The molecular weight excluding hydrogens is 350 g/mol. The second-order valence-electron chi connectivity index (χ2n) is 5.78. The summed E-state index contributed by atoms with van der Waals surface area (Å²) in [7, 11) is 0. The van der Waals surface area contributed by atoms with Crippen LogP contribution in [0.25, 0.3) is 22.9 Å².